The molecule has 202 valence electrons. The van der Waals surface area contributed by atoms with Crippen molar-refractivity contribution in [3.05, 3.63) is 95.3 Å². The van der Waals surface area contributed by atoms with E-state index in [0.717, 1.165) is 16.8 Å². The van der Waals surface area contributed by atoms with Crippen LogP contribution in [0.15, 0.2) is 72.8 Å². The molecular weight excluding hydrogens is 485 g/mol. The maximum Gasteiger partial charge on any atom is 0.308 e. The molecule has 0 N–H and O–H groups in total. The lowest BCUT2D eigenvalue weighted by Gasteiger charge is -2.40. The van der Waals surface area contributed by atoms with Crippen LogP contribution in [-0.4, -0.2) is 17.8 Å². The summed E-state index contributed by atoms with van der Waals surface area (Å²) in [7, 11) is 0. The molecule has 0 aliphatic carbocycles. The quantitative estimate of drug-likeness (QED) is 0.194. The minimum absolute atomic E-state index is 0.0766. The number of hydrogen-bond acceptors (Lipinski definition) is 5. The molecule has 0 saturated carbocycles. The van der Waals surface area contributed by atoms with Crippen LogP contribution in [0.3, 0.4) is 0 Å². The van der Waals surface area contributed by atoms with Gasteiger partial charge >= 0.3 is 11.9 Å². The highest BCUT2D eigenvalue weighted by atomic mass is 19.1. The average molecular weight is 522 g/mol. The highest BCUT2D eigenvalue weighted by Gasteiger charge is 2.38. The first-order chi connectivity index (χ1) is 18.2. The zero-order valence-electron chi connectivity index (χ0n) is 22.9. The maximum absolute atomic E-state index is 12.6. The van der Waals surface area contributed by atoms with Crippen LogP contribution in [0.2, 0.25) is 0 Å². The van der Waals surface area contributed by atoms with Crippen molar-refractivity contribution in [2.24, 2.45) is 0 Å². The Labute approximate surface area is 224 Å². The van der Waals surface area contributed by atoms with E-state index in [2.05, 4.69) is 24.3 Å². The molecule has 3 aromatic carbocycles. The number of rotatable bonds is 6. The van der Waals surface area contributed by atoms with Crippen LogP contribution >= 0.6 is 0 Å². The normalized spacial score (nSPS) is 14.6. The number of benzene rings is 3. The first-order valence-electron chi connectivity index (χ1n) is 12.8. The second kappa shape index (κ2) is 14.7. The molecule has 1 aliphatic rings. The Morgan fingerprint density at radius 3 is 1.97 bits per heavy atom. The summed E-state index contributed by atoms with van der Waals surface area (Å²) in [6.45, 7) is 10.7. The highest BCUT2D eigenvalue weighted by Crippen LogP contribution is 2.39. The van der Waals surface area contributed by atoms with Gasteiger partial charge in [0.25, 0.3) is 0 Å². The van der Waals surface area contributed by atoms with E-state index in [-0.39, 0.29) is 35.8 Å². The van der Waals surface area contributed by atoms with Crippen molar-refractivity contribution in [2.45, 2.75) is 66.5 Å². The topological polar surface area (TPSA) is 72.9 Å². The number of halogens is 1. The van der Waals surface area contributed by atoms with Crippen LogP contribution < -0.4 is 9.64 Å². The zero-order chi connectivity index (χ0) is 28.2. The number of ether oxygens (including phenoxy) is 2. The van der Waals surface area contributed by atoms with Gasteiger partial charge in [-0.3, -0.25) is 14.4 Å². The lowest BCUT2D eigenvalue weighted by molar-refractivity contribution is -0.146. The van der Waals surface area contributed by atoms with E-state index in [1.165, 1.54) is 31.5 Å². The van der Waals surface area contributed by atoms with Crippen molar-refractivity contribution in [3.8, 4) is 5.75 Å². The van der Waals surface area contributed by atoms with Crippen molar-refractivity contribution < 1.29 is 28.2 Å². The third-order valence-corrected chi connectivity index (χ3v) is 5.71. The number of amides is 1. The summed E-state index contributed by atoms with van der Waals surface area (Å²) in [5.74, 6) is -0.375. The van der Waals surface area contributed by atoms with Gasteiger partial charge in [0.1, 0.15) is 17.7 Å². The van der Waals surface area contributed by atoms with Crippen molar-refractivity contribution in [1.29, 1.82) is 0 Å². The molecule has 2 unspecified atom stereocenters. The predicted molar refractivity (Wildman–Crippen MR) is 146 cm³/mol. The molecule has 7 heteroatoms. The minimum atomic E-state index is -0.356. The lowest BCUT2D eigenvalue weighted by Crippen LogP contribution is -2.46. The van der Waals surface area contributed by atoms with Crippen LogP contribution in [-0.2, 0) is 19.1 Å². The molecule has 0 aromatic heterocycles. The molecule has 2 atom stereocenters. The summed E-state index contributed by atoms with van der Waals surface area (Å²) in [6.07, 6.45) is 0.938. The van der Waals surface area contributed by atoms with Crippen LogP contribution in [0.1, 0.15) is 76.3 Å². The van der Waals surface area contributed by atoms with E-state index >= 15 is 0 Å². The van der Waals surface area contributed by atoms with Gasteiger partial charge in [-0.2, -0.15) is 0 Å². The van der Waals surface area contributed by atoms with Crippen molar-refractivity contribution >= 4 is 23.5 Å². The minimum Gasteiger partial charge on any atom is -0.458 e. The van der Waals surface area contributed by atoms with E-state index < -0.39 is 0 Å². The molecule has 1 heterocycles. The first kappa shape index (κ1) is 30.2. The van der Waals surface area contributed by atoms with Gasteiger partial charge in [0.2, 0.25) is 5.91 Å². The number of aryl methyl sites for hydroxylation is 1. The Bertz CT molecular complexity index is 1190. The monoisotopic (exact) mass is 521 g/mol. The smallest absolute Gasteiger partial charge is 0.308 e. The molecular formula is C31H36FNO5. The maximum atomic E-state index is 12.6. The molecule has 0 bridgehead atoms. The third kappa shape index (κ3) is 8.54. The van der Waals surface area contributed by atoms with E-state index in [0.29, 0.717) is 18.6 Å². The summed E-state index contributed by atoms with van der Waals surface area (Å²) < 4.78 is 22.7. The van der Waals surface area contributed by atoms with Crippen LogP contribution in [0, 0.1) is 12.7 Å². The van der Waals surface area contributed by atoms with E-state index in [4.69, 9.17) is 9.47 Å². The lowest BCUT2D eigenvalue weighted by atomic mass is 9.92. The van der Waals surface area contributed by atoms with Gasteiger partial charge in [-0.25, -0.2) is 4.39 Å². The number of hydrogen-bond donors (Lipinski definition) is 0. The van der Waals surface area contributed by atoms with Gasteiger partial charge in [-0.1, -0.05) is 62.7 Å². The van der Waals surface area contributed by atoms with Gasteiger partial charge < -0.3 is 14.4 Å². The number of anilines is 1. The van der Waals surface area contributed by atoms with Crippen molar-refractivity contribution in [1.82, 2.24) is 0 Å². The van der Waals surface area contributed by atoms with E-state index in [1.54, 1.807) is 41.3 Å². The third-order valence-electron chi connectivity index (χ3n) is 5.71. The van der Waals surface area contributed by atoms with Gasteiger partial charge in [0.05, 0.1) is 12.5 Å². The zero-order valence-corrected chi connectivity index (χ0v) is 22.9. The molecule has 38 heavy (non-hydrogen) atoms. The summed E-state index contributed by atoms with van der Waals surface area (Å²) in [5.41, 5.74) is 3.97. The molecule has 1 fully saturated rings. The molecule has 3 aromatic rings. The molecule has 1 saturated heterocycles. The molecule has 4 rings (SSSR count). The summed E-state index contributed by atoms with van der Waals surface area (Å²) in [6, 6.07) is 21.3. The first-order valence-corrected chi connectivity index (χ1v) is 12.8. The molecule has 6 nitrogen and oxygen atoms in total. The fourth-order valence-electron chi connectivity index (χ4n) is 3.90. The average Bonchev–Trinajstić information content (AvgIpc) is 2.89. The Morgan fingerprint density at radius 1 is 0.921 bits per heavy atom. The number of esters is 2. The van der Waals surface area contributed by atoms with Gasteiger partial charge in [-0.05, 0) is 60.9 Å². The predicted octanol–water partition coefficient (Wildman–Crippen LogP) is 7.26. The SMILES string of the molecule is CC.CC(=O)Oc1ccc(N2C(=O)CC2c2ccc(C)cc2)cc1.CCC(OC(C)=O)c1ccc(F)cc1. The molecule has 0 spiro atoms. The van der Waals surface area contributed by atoms with Crippen LogP contribution in [0.25, 0.3) is 0 Å². The van der Waals surface area contributed by atoms with Crippen molar-refractivity contribution in [2.75, 3.05) is 4.90 Å². The second-order valence-electron chi connectivity index (χ2n) is 8.54. The number of nitrogens with zero attached hydrogens (tertiary/aromatic N) is 1. The fourth-order valence-corrected chi connectivity index (χ4v) is 3.90. The summed E-state index contributed by atoms with van der Waals surface area (Å²) >= 11 is 0. The molecule has 1 amide bonds. The largest absolute Gasteiger partial charge is 0.458 e. The Kier molecular flexibility index (Phi) is 11.7. The molecule has 1 aliphatic heterocycles. The van der Waals surface area contributed by atoms with Gasteiger partial charge in [0.15, 0.2) is 0 Å². The van der Waals surface area contributed by atoms with Gasteiger partial charge in [-0.15, -0.1) is 0 Å². The number of carbonyl (C=O) groups excluding carboxylic acids is 3. The Morgan fingerprint density at radius 2 is 1.50 bits per heavy atom. The summed E-state index contributed by atoms with van der Waals surface area (Å²) in [5, 5.41) is 0. The molecule has 0 radical (unpaired) electrons. The van der Waals surface area contributed by atoms with Crippen LogP contribution in [0.4, 0.5) is 10.1 Å². The van der Waals surface area contributed by atoms with E-state index in [9.17, 15) is 18.8 Å². The van der Waals surface area contributed by atoms with Crippen LogP contribution in [0.5, 0.6) is 5.75 Å². The number of β-lactam (4-membered cyclic amide) rings is 1. The van der Waals surface area contributed by atoms with E-state index in [1.807, 2.05) is 27.7 Å². The standard InChI is InChI=1S/C18H17NO3.C11H13FO2.C2H6/c1-12-3-5-14(6-4-12)17-11-18(21)19(17)15-7-9-16(10-8-15)22-13(2)20;1-3-11(14-8(2)13)9-4-6-10(12)7-5-9;1-2/h3-10,17H,11H2,1-2H3;4-7,11H,3H2,1-2H3;1-2H3. The summed E-state index contributed by atoms with van der Waals surface area (Å²) in [4.78, 5) is 35.5. The Balaban J connectivity index is 0.000000274. The van der Waals surface area contributed by atoms with Gasteiger partial charge in [0, 0.05) is 19.5 Å². The Hall–Kier alpha value is -4.00. The second-order valence-corrected chi connectivity index (χ2v) is 8.54. The highest BCUT2D eigenvalue weighted by molar-refractivity contribution is 6.01. The number of carbonyl (C=O) groups is 3. The fraction of sp³-hybridized carbons (Fsp3) is 0.323. The van der Waals surface area contributed by atoms with Crippen molar-refractivity contribution in [3.63, 3.8) is 0 Å².